The number of carboxylic acids is 1. The summed E-state index contributed by atoms with van der Waals surface area (Å²) in [7, 11) is 0. The number of aryl methyl sites for hydroxylation is 1. The van der Waals surface area contributed by atoms with Gasteiger partial charge < -0.3 is 5.11 Å². The normalized spacial score (nSPS) is 10.4. The SMILES string of the molecule is CC.Cc1cnn(C(C)(C)C(=O)O)c1. The molecular weight excluding hydrogens is 180 g/mol. The average molecular weight is 198 g/mol. The Hall–Kier alpha value is -1.32. The highest BCUT2D eigenvalue weighted by atomic mass is 16.4. The fourth-order valence-electron chi connectivity index (χ4n) is 0.817. The second-order valence-corrected chi connectivity index (χ2v) is 3.33. The molecule has 0 unspecified atom stereocenters. The fourth-order valence-corrected chi connectivity index (χ4v) is 0.817. The molecule has 0 amide bonds. The van der Waals surface area contributed by atoms with Crippen LogP contribution >= 0.6 is 0 Å². The van der Waals surface area contributed by atoms with Crippen LogP contribution in [0.15, 0.2) is 12.4 Å². The van der Waals surface area contributed by atoms with Crippen LogP contribution in [0.3, 0.4) is 0 Å². The van der Waals surface area contributed by atoms with Gasteiger partial charge in [-0.25, -0.2) is 4.79 Å². The molecule has 0 spiro atoms. The maximum Gasteiger partial charge on any atom is 0.331 e. The first-order valence-corrected chi connectivity index (χ1v) is 4.70. The first-order valence-electron chi connectivity index (χ1n) is 4.70. The van der Waals surface area contributed by atoms with E-state index < -0.39 is 11.5 Å². The smallest absolute Gasteiger partial charge is 0.331 e. The summed E-state index contributed by atoms with van der Waals surface area (Å²) in [6.45, 7) is 9.10. The van der Waals surface area contributed by atoms with Crippen molar-refractivity contribution in [2.75, 3.05) is 0 Å². The van der Waals surface area contributed by atoms with Crippen molar-refractivity contribution in [3.63, 3.8) is 0 Å². The number of carboxylic acid groups (broad SMARTS) is 1. The lowest BCUT2D eigenvalue weighted by Crippen LogP contribution is -2.35. The van der Waals surface area contributed by atoms with E-state index in [1.165, 1.54) is 4.68 Å². The van der Waals surface area contributed by atoms with E-state index in [1.807, 2.05) is 20.8 Å². The van der Waals surface area contributed by atoms with Crippen LogP contribution in [0, 0.1) is 6.92 Å². The fraction of sp³-hybridized carbons (Fsp3) is 0.600. The van der Waals surface area contributed by atoms with Crippen molar-refractivity contribution in [1.29, 1.82) is 0 Å². The van der Waals surface area contributed by atoms with E-state index in [0.717, 1.165) is 5.56 Å². The second-order valence-electron chi connectivity index (χ2n) is 3.33. The zero-order chi connectivity index (χ0) is 11.4. The molecule has 0 bridgehead atoms. The molecule has 1 aromatic heterocycles. The highest BCUT2D eigenvalue weighted by Gasteiger charge is 2.29. The van der Waals surface area contributed by atoms with Crippen molar-refractivity contribution in [2.24, 2.45) is 0 Å². The van der Waals surface area contributed by atoms with Crippen molar-refractivity contribution in [1.82, 2.24) is 9.78 Å². The van der Waals surface area contributed by atoms with E-state index in [9.17, 15) is 4.79 Å². The van der Waals surface area contributed by atoms with Crippen LogP contribution in [0.4, 0.5) is 0 Å². The lowest BCUT2D eigenvalue weighted by molar-refractivity contribution is -0.146. The number of hydrogen-bond donors (Lipinski definition) is 1. The van der Waals surface area contributed by atoms with Crippen LogP contribution in [0.25, 0.3) is 0 Å². The van der Waals surface area contributed by atoms with E-state index in [-0.39, 0.29) is 0 Å². The lowest BCUT2D eigenvalue weighted by Gasteiger charge is -2.19. The van der Waals surface area contributed by atoms with E-state index in [0.29, 0.717) is 0 Å². The summed E-state index contributed by atoms with van der Waals surface area (Å²) >= 11 is 0. The van der Waals surface area contributed by atoms with Crippen LogP contribution in [-0.4, -0.2) is 20.9 Å². The topological polar surface area (TPSA) is 55.1 Å². The van der Waals surface area contributed by atoms with Gasteiger partial charge in [0.1, 0.15) is 0 Å². The number of rotatable bonds is 2. The molecule has 4 nitrogen and oxygen atoms in total. The minimum atomic E-state index is -0.964. The molecule has 0 aliphatic heterocycles. The molecule has 1 heterocycles. The van der Waals surface area contributed by atoms with Crippen LogP contribution in [-0.2, 0) is 10.3 Å². The highest BCUT2D eigenvalue weighted by molar-refractivity contribution is 5.75. The van der Waals surface area contributed by atoms with E-state index in [4.69, 9.17) is 5.11 Å². The van der Waals surface area contributed by atoms with Gasteiger partial charge in [0.15, 0.2) is 5.54 Å². The van der Waals surface area contributed by atoms with Crippen LogP contribution in [0.5, 0.6) is 0 Å². The zero-order valence-corrected chi connectivity index (χ0v) is 9.40. The molecule has 0 aromatic carbocycles. The van der Waals surface area contributed by atoms with Gasteiger partial charge in [0.2, 0.25) is 0 Å². The van der Waals surface area contributed by atoms with Gasteiger partial charge in [-0.2, -0.15) is 5.10 Å². The van der Waals surface area contributed by atoms with E-state index >= 15 is 0 Å². The quantitative estimate of drug-likeness (QED) is 0.791. The highest BCUT2D eigenvalue weighted by Crippen LogP contribution is 2.14. The van der Waals surface area contributed by atoms with Crippen LogP contribution in [0.1, 0.15) is 33.3 Å². The lowest BCUT2D eigenvalue weighted by atomic mass is 10.1. The number of nitrogens with zero attached hydrogens (tertiary/aromatic N) is 2. The molecule has 80 valence electrons. The summed E-state index contributed by atoms with van der Waals surface area (Å²) in [5.74, 6) is -0.884. The molecule has 1 N–H and O–H groups in total. The second kappa shape index (κ2) is 4.79. The van der Waals surface area contributed by atoms with Gasteiger partial charge in [-0.05, 0) is 26.3 Å². The maximum absolute atomic E-state index is 10.8. The summed E-state index contributed by atoms with van der Waals surface area (Å²) in [5.41, 5.74) is -0.00169. The van der Waals surface area contributed by atoms with Gasteiger partial charge in [0.25, 0.3) is 0 Å². The molecule has 0 saturated heterocycles. The van der Waals surface area contributed by atoms with Crippen molar-refractivity contribution in [3.05, 3.63) is 18.0 Å². The Morgan fingerprint density at radius 2 is 2.00 bits per heavy atom. The Morgan fingerprint density at radius 3 is 2.29 bits per heavy atom. The Balaban J connectivity index is 0.000000791. The molecule has 1 aromatic rings. The van der Waals surface area contributed by atoms with E-state index in [1.54, 1.807) is 26.2 Å². The largest absolute Gasteiger partial charge is 0.479 e. The molecule has 4 heteroatoms. The molecule has 0 radical (unpaired) electrons. The molecule has 1 rings (SSSR count). The summed E-state index contributed by atoms with van der Waals surface area (Å²) in [4.78, 5) is 10.8. The third-order valence-electron chi connectivity index (χ3n) is 1.81. The standard InChI is InChI=1S/C8H12N2O2.C2H6/c1-6-4-9-10(5-6)8(2,3)7(11)12;1-2/h4-5H,1-3H3,(H,11,12);1-2H3. The van der Waals surface area contributed by atoms with Crippen molar-refractivity contribution in [2.45, 2.75) is 40.2 Å². The number of carbonyl (C=O) groups is 1. The Labute approximate surface area is 84.6 Å². The summed E-state index contributed by atoms with van der Waals surface area (Å²) in [6.07, 6.45) is 3.36. The van der Waals surface area contributed by atoms with Gasteiger partial charge in [0.05, 0.1) is 6.20 Å². The van der Waals surface area contributed by atoms with Crippen LogP contribution < -0.4 is 0 Å². The molecule has 0 aliphatic rings. The number of hydrogen-bond acceptors (Lipinski definition) is 2. The van der Waals surface area contributed by atoms with Gasteiger partial charge in [-0.3, -0.25) is 4.68 Å². The predicted octanol–water partition coefficient (Wildman–Crippen LogP) is 2.04. The van der Waals surface area contributed by atoms with Crippen molar-refractivity contribution in [3.8, 4) is 0 Å². The van der Waals surface area contributed by atoms with Crippen molar-refractivity contribution < 1.29 is 9.90 Å². The van der Waals surface area contributed by atoms with Gasteiger partial charge in [-0.1, -0.05) is 13.8 Å². The van der Waals surface area contributed by atoms with E-state index in [2.05, 4.69) is 5.10 Å². The molecule has 0 aliphatic carbocycles. The summed E-state index contributed by atoms with van der Waals surface area (Å²) in [5, 5.41) is 12.8. The molecule has 0 fully saturated rings. The predicted molar refractivity (Wildman–Crippen MR) is 55.3 cm³/mol. The Morgan fingerprint density at radius 1 is 1.50 bits per heavy atom. The van der Waals surface area contributed by atoms with Gasteiger partial charge in [-0.15, -0.1) is 0 Å². The first-order chi connectivity index (χ1) is 6.44. The molecule has 0 saturated carbocycles. The van der Waals surface area contributed by atoms with Crippen LogP contribution in [0.2, 0.25) is 0 Å². The minimum absolute atomic E-state index is 0.884. The number of aliphatic carboxylic acids is 1. The molecular formula is C10H18N2O2. The third kappa shape index (κ3) is 2.58. The molecule has 0 atom stereocenters. The zero-order valence-electron chi connectivity index (χ0n) is 9.40. The first kappa shape index (κ1) is 12.7. The van der Waals surface area contributed by atoms with Gasteiger partial charge in [0, 0.05) is 6.20 Å². The van der Waals surface area contributed by atoms with Crippen molar-refractivity contribution >= 4 is 5.97 Å². The Kier molecular flexibility index (Phi) is 4.34. The molecule has 14 heavy (non-hydrogen) atoms. The third-order valence-corrected chi connectivity index (χ3v) is 1.81. The Bertz CT molecular complexity index is 303. The monoisotopic (exact) mass is 198 g/mol. The number of aromatic nitrogens is 2. The summed E-state index contributed by atoms with van der Waals surface area (Å²) < 4.78 is 1.45. The minimum Gasteiger partial charge on any atom is -0.479 e. The van der Waals surface area contributed by atoms with Gasteiger partial charge >= 0.3 is 5.97 Å². The summed E-state index contributed by atoms with van der Waals surface area (Å²) in [6, 6.07) is 0. The maximum atomic E-state index is 10.8. The average Bonchev–Trinajstić information content (AvgIpc) is 2.55.